The minimum absolute atomic E-state index is 0.0321. The van der Waals surface area contributed by atoms with Gasteiger partial charge in [-0.1, -0.05) is 30.3 Å². The molecule has 1 amide bonds. The van der Waals surface area contributed by atoms with Crippen LogP contribution in [0.2, 0.25) is 0 Å². The highest BCUT2D eigenvalue weighted by atomic mass is 16.5. The molecular formula is C42H46N8O5. The van der Waals surface area contributed by atoms with Gasteiger partial charge in [-0.3, -0.25) is 4.79 Å². The molecule has 0 saturated carbocycles. The molecule has 5 aromatic rings. The molecule has 13 heteroatoms. The number of fused-ring (bicyclic) bond motifs is 1. The number of anilines is 4. The van der Waals surface area contributed by atoms with E-state index in [9.17, 15) is 4.79 Å². The molecule has 0 atom stereocenters. The SMILES string of the molecule is COc1ccc(CN(Cc2ccc(OC)cc2)c2ncc(-c3nc(N4CCOCC4)nc4c3CCN4c3cccc(C(=O)N4CCOCC4)c3C)cn2)cc1. The molecule has 2 saturated heterocycles. The van der Waals surface area contributed by atoms with E-state index in [0.717, 1.165) is 62.9 Å². The molecule has 3 aliphatic heterocycles. The zero-order valence-corrected chi connectivity index (χ0v) is 31.6. The zero-order valence-electron chi connectivity index (χ0n) is 31.6. The Labute approximate surface area is 321 Å². The van der Waals surface area contributed by atoms with E-state index in [2.05, 4.69) is 45.0 Å². The minimum atomic E-state index is 0.0321. The summed E-state index contributed by atoms with van der Waals surface area (Å²) in [7, 11) is 3.34. The number of aromatic nitrogens is 4. The number of hydrogen-bond donors (Lipinski definition) is 0. The number of carbonyl (C=O) groups is 1. The molecule has 3 aliphatic rings. The number of benzene rings is 3. The van der Waals surface area contributed by atoms with E-state index in [0.29, 0.717) is 89.7 Å². The van der Waals surface area contributed by atoms with E-state index in [1.165, 1.54) is 0 Å². The summed E-state index contributed by atoms with van der Waals surface area (Å²) in [5.41, 5.74) is 7.49. The van der Waals surface area contributed by atoms with Crippen LogP contribution in [-0.2, 0) is 29.0 Å². The fourth-order valence-electron chi connectivity index (χ4n) is 7.41. The standard InChI is InChI=1S/C42H46N8O5/c1-29-35(40(51)47-17-21-54-22-18-47)5-4-6-37(29)50-16-15-36-38(45-42(46-39(36)50)48-19-23-55-24-20-48)32-25-43-41(44-26-32)49(27-30-7-11-33(52-2)12-8-30)28-31-9-13-34(53-3)14-10-31/h4-14,25-26H,15-24,27-28H2,1-3H3. The largest absolute Gasteiger partial charge is 0.497 e. The highest BCUT2D eigenvalue weighted by molar-refractivity contribution is 5.97. The molecule has 13 nitrogen and oxygen atoms in total. The smallest absolute Gasteiger partial charge is 0.254 e. The number of nitrogens with zero attached hydrogens (tertiary/aromatic N) is 8. The Hall–Kier alpha value is -5.79. The lowest BCUT2D eigenvalue weighted by Crippen LogP contribution is -2.41. The molecule has 0 radical (unpaired) electrons. The van der Waals surface area contributed by atoms with E-state index in [1.54, 1.807) is 14.2 Å². The molecule has 55 heavy (non-hydrogen) atoms. The number of methoxy groups -OCH3 is 2. The molecule has 0 N–H and O–H groups in total. The topological polar surface area (TPSA) is 119 Å². The normalized spacial score (nSPS) is 15.5. The second kappa shape index (κ2) is 16.3. The van der Waals surface area contributed by atoms with Crippen LogP contribution in [0.3, 0.4) is 0 Å². The number of amides is 1. The Morgan fingerprint density at radius 3 is 1.96 bits per heavy atom. The average Bonchev–Trinajstić information content (AvgIpc) is 3.68. The predicted octanol–water partition coefficient (Wildman–Crippen LogP) is 5.47. The molecule has 8 rings (SSSR count). The maximum Gasteiger partial charge on any atom is 0.254 e. The molecule has 2 fully saturated rings. The van der Waals surface area contributed by atoms with Crippen LogP contribution in [-0.4, -0.2) is 104 Å². The van der Waals surface area contributed by atoms with E-state index in [-0.39, 0.29) is 5.91 Å². The van der Waals surface area contributed by atoms with Crippen LogP contribution in [0.5, 0.6) is 11.5 Å². The molecule has 3 aromatic carbocycles. The second-order valence-corrected chi connectivity index (χ2v) is 13.9. The van der Waals surface area contributed by atoms with Crippen molar-refractivity contribution in [1.29, 1.82) is 0 Å². The van der Waals surface area contributed by atoms with E-state index >= 15 is 0 Å². The van der Waals surface area contributed by atoms with Crippen molar-refractivity contribution in [1.82, 2.24) is 24.8 Å². The molecule has 2 aromatic heterocycles. The van der Waals surface area contributed by atoms with E-state index in [1.807, 2.05) is 60.6 Å². The number of carbonyl (C=O) groups excluding carboxylic acids is 1. The van der Waals surface area contributed by atoms with Crippen molar-refractivity contribution in [3.63, 3.8) is 0 Å². The molecule has 284 valence electrons. The molecule has 0 aliphatic carbocycles. The van der Waals surface area contributed by atoms with E-state index in [4.69, 9.17) is 38.9 Å². The first-order valence-corrected chi connectivity index (χ1v) is 18.8. The Morgan fingerprint density at radius 2 is 1.36 bits per heavy atom. The summed E-state index contributed by atoms with van der Waals surface area (Å²) in [5.74, 6) is 3.74. The van der Waals surface area contributed by atoms with Crippen LogP contribution in [0, 0.1) is 6.92 Å². The van der Waals surface area contributed by atoms with Crippen LogP contribution >= 0.6 is 0 Å². The Bertz CT molecular complexity index is 2050. The molecule has 5 heterocycles. The van der Waals surface area contributed by atoms with Gasteiger partial charge in [-0.15, -0.1) is 0 Å². The lowest BCUT2D eigenvalue weighted by Gasteiger charge is -2.30. The number of hydrogen-bond acceptors (Lipinski definition) is 12. The van der Waals surface area contributed by atoms with Crippen LogP contribution < -0.4 is 24.2 Å². The maximum atomic E-state index is 13.6. The Kier molecular flexibility index (Phi) is 10.7. The summed E-state index contributed by atoms with van der Waals surface area (Å²) >= 11 is 0. The average molecular weight is 743 g/mol. The summed E-state index contributed by atoms with van der Waals surface area (Å²) in [5, 5.41) is 0. The maximum absolute atomic E-state index is 13.6. The molecule has 0 unspecified atom stereocenters. The van der Waals surface area contributed by atoms with Gasteiger partial charge in [0.05, 0.1) is 46.3 Å². The van der Waals surface area contributed by atoms with Crippen molar-refractivity contribution >= 4 is 29.3 Å². The van der Waals surface area contributed by atoms with Gasteiger partial charge in [0.15, 0.2) is 0 Å². The number of ether oxygens (including phenoxy) is 4. The van der Waals surface area contributed by atoms with Crippen molar-refractivity contribution in [2.75, 3.05) is 88.1 Å². The lowest BCUT2D eigenvalue weighted by molar-refractivity contribution is 0.0302. The highest BCUT2D eigenvalue weighted by Gasteiger charge is 2.31. The van der Waals surface area contributed by atoms with Gasteiger partial charge in [-0.2, -0.15) is 4.98 Å². The van der Waals surface area contributed by atoms with Gasteiger partial charge in [0.1, 0.15) is 17.3 Å². The van der Waals surface area contributed by atoms with Gasteiger partial charge in [0.25, 0.3) is 5.91 Å². The van der Waals surface area contributed by atoms with Crippen molar-refractivity contribution in [3.05, 3.63) is 107 Å². The summed E-state index contributed by atoms with van der Waals surface area (Å²) < 4.78 is 22.0. The third-order valence-electron chi connectivity index (χ3n) is 10.5. The number of rotatable bonds is 11. The Balaban J connectivity index is 1.14. The van der Waals surface area contributed by atoms with Crippen molar-refractivity contribution in [2.45, 2.75) is 26.4 Å². The fourth-order valence-corrected chi connectivity index (χ4v) is 7.41. The van der Waals surface area contributed by atoms with E-state index < -0.39 is 0 Å². The van der Waals surface area contributed by atoms with Gasteiger partial charge < -0.3 is 38.5 Å². The quantitative estimate of drug-likeness (QED) is 0.171. The summed E-state index contributed by atoms with van der Waals surface area (Å²) in [4.78, 5) is 42.4. The third-order valence-corrected chi connectivity index (χ3v) is 10.5. The van der Waals surface area contributed by atoms with Crippen LogP contribution in [0.15, 0.2) is 79.1 Å². The predicted molar refractivity (Wildman–Crippen MR) is 211 cm³/mol. The minimum Gasteiger partial charge on any atom is -0.497 e. The van der Waals surface area contributed by atoms with Crippen LogP contribution in [0.25, 0.3) is 11.3 Å². The van der Waals surface area contributed by atoms with Gasteiger partial charge in [-0.05, 0) is 66.4 Å². The van der Waals surface area contributed by atoms with Crippen LogP contribution in [0.1, 0.15) is 32.6 Å². The summed E-state index contributed by atoms with van der Waals surface area (Å²) in [6, 6.07) is 22.1. The van der Waals surface area contributed by atoms with Gasteiger partial charge in [0, 0.05) is 80.6 Å². The first-order valence-electron chi connectivity index (χ1n) is 18.8. The lowest BCUT2D eigenvalue weighted by atomic mass is 10.0. The van der Waals surface area contributed by atoms with Crippen molar-refractivity contribution in [3.8, 4) is 22.8 Å². The first-order chi connectivity index (χ1) is 27.0. The Morgan fingerprint density at radius 1 is 0.764 bits per heavy atom. The monoisotopic (exact) mass is 742 g/mol. The molecule has 0 spiro atoms. The van der Waals surface area contributed by atoms with Crippen molar-refractivity contribution in [2.24, 2.45) is 0 Å². The number of morpholine rings is 2. The summed E-state index contributed by atoms with van der Waals surface area (Å²) in [6.07, 6.45) is 4.48. The van der Waals surface area contributed by atoms with Crippen molar-refractivity contribution < 1.29 is 23.7 Å². The highest BCUT2D eigenvalue weighted by Crippen LogP contribution is 2.41. The zero-order chi connectivity index (χ0) is 37.7. The van der Waals surface area contributed by atoms with Gasteiger partial charge in [0.2, 0.25) is 11.9 Å². The van der Waals surface area contributed by atoms with Crippen LogP contribution in [0.4, 0.5) is 23.4 Å². The first kappa shape index (κ1) is 36.2. The van der Waals surface area contributed by atoms with Gasteiger partial charge in [-0.25, -0.2) is 15.0 Å². The van der Waals surface area contributed by atoms with Gasteiger partial charge >= 0.3 is 0 Å². The summed E-state index contributed by atoms with van der Waals surface area (Å²) in [6.45, 7) is 8.85. The fraction of sp³-hybridized carbons (Fsp3) is 0.357. The molecule has 0 bridgehead atoms. The molecular weight excluding hydrogens is 697 g/mol. The third kappa shape index (κ3) is 7.76. The second-order valence-electron chi connectivity index (χ2n) is 13.9.